The highest BCUT2D eigenvalue weighted by Gasteiger charge is 2.34. The minimum absolute atomic E-state index is 0.139. The largest absolute Gasteiger partial charge is 0.459 e. The first-order valence-corrected chi connectivity index (χ1v) is 7.81. The summed E-state index contributed by atoms with van der Waals surface area (Å²) in [6.07, 6.45) is -2.79. The van der Waals surface area contributed by atoms with Gasteiger partial charge in [0.25, 0.3) is 0 Å². The molecule has 23 heavy (non-hydrogen) atoms. The van der Waals surface area contributed by atoms with Gasteiger partial charge in [-0.3, -0.25) is 9.59 Å². The Morgan fingerprint density at radius 3 is 2.00 bits per heavy atom. The topological polar surface area (TPSA) is 52.6 Å². The molecule has 4 nitrogen and oxygen atoms in total. The van der Waals surface area contributed by atoms with E-state index in [-0.39, 0.29) is 12.4 Å². The summed E-state index contributed by atoms with van der Waals surface area (Å²) >= 11 is 0. The van der Waals surface area contributed by atoms with Gasteiger partial charge in [0.1, 0.15) is 5.60 Å². The maximum Gasteiger partial charge on any atom is 0.422 e. The molecule has 1 unspecified atom stereocenters. The van der Waals surface area contributed by atoms with Crippen LogP contribution < -0.4 is 0 Å². The number of hydrogen-bond donors (Lipinski definition) is 0. The summed E-state index contributed by atoms with van der Waals surface area (Å²) in [5.74, 6) is -1.22. The molecule has 0 aliphatic heterocycles. The molecule has 0 aromatic carbocycles. The van der Waals surface area contributed by atoms with E-state index in [0.717, 1.165) is 0 Å². The van der Waals surface area contributed by atoms with Gasteiger partial charge >= 0.3 is 18.1 Å². The molecule has 0 amide bonds. The maximum absolute atomic E-state index is 12.1. The molecule has 1 atom stereocenters. The SMILES string of the molecule is CCC(C)(CCCC(=O)OCC(F)(F)F)OC(=O)C(C)(C)CC. The van der Waals surface area contributed by atoms with Gasteiger partial charge in [0.2, 0.25) is 0 Å². The molecule has 0 spiro atoms. The second-order valence-corrected chi connectivity index (χ2v) is 6.56. The predicted molar refractivity (Wildman–Crippen MR) is 79.7 cm³/mol. The number of rotatable bonds is 9. The molecule has 0 rings (SSSR count). The Labute approximate surface area is 135 Å². The average Bonchev–Trinajstić information content (AvgIpc) is 2.44. The molecule has 0 aromatic heterocycles. The summed E-state index contributed by atoms with van der Waals surface area (Å²) in [5.41, 5.74) is -1.34. The van der Waals surface area contributed by atoms with Crippen LogP contribution in [0.4, 0.5) is 13.2 Å². The summed E-state index contributed by atoms with van der Waals surface area (Å²) in [7, 11) is 0. The van der Waals surface area contributed by atoms with Crippen molar-refractivity contribution < 1.29 is 32.2 Å². The highest BCUT2D eigenvalue weighted by atomic mass is 19.4. The van der Waals surface area contributed by atoms with Crippen LogP contribution in [0.25, 0.3) is 0 Å². The van der Waals surface area contributed by atoms with E-state index in [1.807, 2.05) is 13.8 Å². The zero-order valence-electron chi connectivity index (χ0n) is 14.5. The van der Waals surface area contributed by atoms with Crippen molar-refractivity contribution in [1.29, 1.82) is 0 Å². The van der Waals surface area contributed by atoms with Crippen LogP contribution in [0.3, 0.4) is 0 Å². The molecule has 0 aliphatic rings. The summed E-state index contributed by atoms with van der Waals surface area (Å²) in [6, 6.07) is 0. The van der Waals surface area contributed by atoms with Crippen molar-refractivity contribution in [2.75, 3.05) is 6.61 Å². The standard InChI is InChI=1S/C16H27F3O4/c1-6-14(3,4)13(21)23-15(5,7-2)10-8-9-12(20)22-11-16(17,18)19/h6-11H2,1-5H3. The number of esters is 2. The molecule has 136 valence electrons. The van der Waals surface area contributed by atoms with E-state index in [0.29, 0.717) is 25.7 Å². The van der Waals surface area contributed by atoms with Crippen molar-refractivity contribution in [2.45, 2.75) is 78.5 Å². The lowest BCUT2D eigenvalue weighted by Gasteiger charge is -2.32. The first-order chi connectivity index (χ1) is 10.4. The fourth-order valence-corrected chi connectivity index (χ4v) is 1.65. The molecule has 0 N–H and O–H groups in total. The first kappa shape index (κ1) is 21.7. The van der Waals surface area contributed by atoms with Crippen molar-refractivity contribution in [1.82, 2.24) is 0 Å². The third-order valence-electron chi connectivity index (χ3n) is 4.01. The number of halogens is 3. The maximum atomic E-state index is 12.1. The third kappa shape index (κ3) is 8.81. The quantitative estimate of drug-likeness (QED) is 0.583. The summed E-state index contributed by atoms with van der Waals surface area (Å²) in [6.45, 7) is 7.52. The van der Waals surface area contributed by atoms with Gasteiger partial charge in [-0.15, -0.1) is 0 Å². The van der Waals surface area contributed by atoms with Gasteiger partial charge in [0.05, 0.1) is 5.41 Å². The van der Waals surface area contributed by atoms with Crippen LogP contribution in [0.1, 0.15) is 66.7 Å². The monoisotopic (exact) mass is 340 g/mol. The van der Waals surface area contributed by atoms with E-state index in [2.05, 4.69) is 4.74 Å². The fourth-order valence-electron chi connectivity index (χ4n) is 1.65. The van der Waals surface area contributed by atoms with Gasteiger partial charge in [-0.25, -0.2) is 0 Å². The summed E-state index contributed by atoms with van der Waals surface area (Å²) in [5, 5.41) is 0. The number of ether oxygens (including phenoxy) is 2. The molecule has 0 aromatic rings. The molecule has 0 saturated heterocycles. The Bertz CT molecular complexity index is 405. The number of carbonyl (C=O) groups excluding carboxylic acids is 2. The lowest BCUT2D eigenvalue weighted by atomic mass is 9.89. The van der Waals surface area contributed by atoms with Gasteiger partial charge in [-0.05, 0) is 46.5 Å². The molecule has 0 fully saturated rings. The Morgan fingerprint density at radius 1 is 1.00 bits per heavy atom. The second-order valence-electron chi connectivity index (χ2n) is 6.56. The van der Waals surface area contributed by atoms with E-state index >= 15 is 0 Å². The smallest absolute Gasteiger partial charge is 0.422 e. The van der Waals surface area contributed by atoms with Crippen LogP contribution in [0.15, 0.2) is 0 Å². The number of alkyl halides is 3. The first-order valence-electron chi connectivity index (χ1n) is 7.81. The van der Waals surface area contributed by atoms with Crippen LogP contribution >= 0.6 is 0 Å². The zero-order valence-corrected chi connectivity index (χ0v) is 14.5. The number of carbonyl (C=O) groups is 2. The van der Waals surface area contributed by atoms with Crippen molar-refractivity contribution in [3.63, 3.8) is 0 Å². The van der Waals surface area contributed by atoms with Gasteiger partial charge in [-0.1, -0.05) is 13.8 Å². The minimum atomic E-state index is -4.52. The van der Waals surface area contributed by atoms with E-state index in [9.17, 15) is 22.8 Å². The molecule has 0 aliphatic carbocycles. The van der Waals surface area contributed by atoms with Crippen molar-refractivity contribution in [3.05, 3.63) is 0 Å². The average molecular weight is 340 g/mol. The number of hydrogen-bond acceptors (Lipinski definition) is 4. The van der Waals surface area contributed by atoms with Crippen LogP contribution in [-0.4, -0.2) is 30.3 Å². The fraction of sp³-hybridized carbons (Fsp3) is 0.875. The minimum Gasteiger partial charge on any atom is -0.459 e. The highest BCUT2D eigenvalue weighted by Crippen LogP contribution is 2.29. The van der Waals surface area contributed by atoms with E-state index in [4.69, 9.17) is 4.74 Å². The molecular formula is C16H27F3O4. The lowest BCUT2D eigenvalue weighted by molar-refractivity contribution is -0.186. The molecule has 0 bridgehead atoms. The normalized spacial score (nSPS) is 15.0. The van der Waals surface area contributed by atoms with E-state index in [1.54, 1.807) is 20.8 Å². The van der Waals surface area contributed by atoms with Crippen LogP contribution in [0, 0.1) is 5.41 Å². The van der Waals surface area contributed by atoms with Crippen molar-refractivity contribution >= 4 is 11.9 Å². The molecular weight excluding hydrogens is 313 g/mol. The predicted octanol–water partition coefficient (Wildman–Crippen LogP) is 4.41. The van der Waals surface area contributed by atoms with Crippen molar-refractivity contribution in [2.24, 2.45) is 5.41 Å². The molecule has 0 heterocycles. The van der Waals surface area contributed by atoms with E-state index < -0.39 is 29.8 Å². The van der Waals surface area contributed by atoms with Crippen LogP contribution in [-0.2, 0) is 19.1 Å². The van der Waals surface area contributed by atoms with Crippen molar-refractivity contribution in [3.8, 4) is 0 Å². The Kier molecular flexibility index (Phi) is 8.07. The van der Waals surface area contributed by atoms with E-state index in [1.165, 1.54) is 0 Å². The second kappa shape index (κ2) is 8.55. The van der Waals surface area contributed by atoms with Gasteiger partial charge in [-0.2, -0.15) is 13.2 Å². The Balaban J connectivity index is 4.38. The summed E-state index contributed by atoms with van der Waals surface area (Å²) in [4.78, 5) is 23.4. The highest BCUT2D eigenvalue weighted by molar-refractivity contribution is 5.76. The summed E-state index contributed by atoms with van der Waals surface area (Å²) < 4.78 is 45.5. The van der Waals surface area contributed by atoms with Crippen LogP contribution in [0.2, 0.25) is 0 Å². The lowest BCUT2D eigenvalue weighted by Crippen LogP contribution is -2.37. The molecule has 0 radical (unpaired) electrons. The third-order valence-corrected chi connectivity index (χ3v) is 4.01. The zero-order chi connectivity index (χ0) is 18.3. The van der Waals surface area contributed by atoms with Gasteiger partial charge in [0, 0.05) is 6.42 Å². The Morgan fingerprint density at radius 2 is 1.57 bits per heavy atom. The van der Waals surface area contributed by atoms with Crippen LogP contribution in [0.5, 0.6) is 0 Å². The molecule has 0 saturated carbocycles. The van der Waals surface area contributed by atoms with Gasteiger partial charge < -0.3 is 9.47 Å². The molecule has 7 heteroatoms. The Hall–Kier alpha value is -1.27. The van der Waals surface area contributed by atoms with Gasteiger partial charge in [0.15, 0.2) is 6.61 Å².